The lowest BCUT2D eigenvalue weighted by atomic mass is 9.97. The van der Waals surface area contributed by atoms with Crippen molar-refractivity contribution in [3.05, 3.63) is 28.2 Å². The van der Waals surface area contributed by atoms with Crippen LogP contribution in [0.15, 0.2) is 18.2 Å². The predicted molar refractivity (Wildman–Crippen MR) is 106 cm³/mol. The van der Waals surface area contributed by atoms with Crippen molar-refractivity contribution in [3.8, 4) is 0 Å². The number of anilines is 1. The number of nitrogens with two attached hydrogens (primary N) is 1. The second-order valence-electron chi connectivity index (χ2n) is 6.53. The van der Waals surface area contributed by atoms with Gasteiger partial charge in [0.15, 0.2) is 0 Å². The molecule has 3 N–H and O–H groups in total. The SMILES string of the molecule is CCN(CC(=O)Nc1c(Cl)cccc1Cl)CC(=O)N1CCCC(C(N)=O)C1. The largest absolute Gasteiger partial charge is 0.369 e. The van der Waals surface area contributed by atoms with E-state index in [9.17, 15) is 14.4 Å². The summed E-state index contributed by atoms with van der Waals surface area (Å²) in [5.41, 5.74) is 5.71. The molecule has 0 bridgehead atoms. The van der Waals surface area contributed by atoms with Gasteiger partial charge in [-0.3, -0.25) is 19.3 Å². The molecule has 1 heterocycles. The number of para-hydroxylation sites is 1. The highest BCUT2D eigenvalue weighted by Gasteiger charge is 2.28. The Morgan fingerprint density at radius 1 is 1.26 bits per heavy atom. The minimum absolute atomic E-state index is 0.0247. The van der Waals surface area contributed by atoms with Gasteiger partial charge in [-0.05, 0) is 31.5 Å². The summed E-state index contributed by atoms with van der Waals surface area (Å²) < 4.78 is 0. The van der Waals surface area contributed by atoms with Crippen molar-refractivity contribution in [3.63, 3.8) is 0 Å². The fraction of sp³-hybridized carbons (Fsp3) is 0.500. The van der Waals surface area contributed by atoms with Gasteiger partial charge in [0.1, 0.15) is 0 Å². The van der Waals surface area contributed by atoms with E-state index < -0.39 is 0 Å². The minimum Gasteiger partial charge on any atom is -0.369 e. The first-order chi connectivity index (χ1) is 12.8. The van der Waals surface area contributed by atoms with E-state index in [4.69, 9.17) is 28.9 Å². The van der Waals surface area contributed by atoms with Crippen LogP contribution in [0.4, 0.5) is 5.69 Å². The second-order valence-corrected chi connectivity index (χ2v) is 7.34. The zero-order valence-corrected chi connectivity index (χ0v) is 16.7. The molecular weight excluding hydrogens is 391 g/mol. The van der Waals surface area contributed by atoms with Gasteiger partial charge in [-0.1, -0.05) is 36.2 Å². The van der Waals surface area contributed by atoms with Crippen molar-refractivity contribution in [2.75, 3.05) is 38.0 Å². The lowest BCUT2D eigenvalue weighted by molar-refractivity contribution is -0.136. The molecule has 0 aromatic heterocycles. The first-order valence-corrected chi connectivity index (χ1v) is 9.60. The Balaban J connectivity index is 1.91. The molecule has 27 heavy (non-hydrogen) atoms. The summed E-state index contributed by atoms with van der Waals surface area (Å²) in [7, 11) is 0. The summed E-state index contributed by atoms with van der Waals surface area (Å²) in [5.74, 6) is -1.11. The number of rotatable bonds is 7. The highest BCUT2D eigenvalue weighted by molar-refractivity contribution is 6.39. The quantitative estimate of drug-likeness (QED) is 0.712. The number of likely N-dealkylation sites (N-methyl/N-ethyl adjacent to an activating group) is 1. The van der Waals surface area contributed by atoms with E-state index in [1.807, 2.05) is 6.92 Å². The van der Waals surface area contributed by atoms with Crippen molar-refractivity contribution in [2.24, 2.45) is 11.7 Å². The number of halogens is 2. The van der Waals surface area contributed by atoms with Gasteiger partial charge in [-0.15, -0.1) is 0 Å². The molecule has 1 aliphatic heterocycles. The van der Waals surface area contributed by atoms with Crippen molar-refractivity contribution < 1.29 is 14.4 Å². The topological polar surface area (TPSA) is 95.7 Å². The summed E-state index contributed by atoms with van der Waals surface area (Å²) >= 11 is 12.1. The van der Waals surface area contributed by atoms with E-state index in [2.05, 4.69) is 5.32 Å². The van der Waals surface area contributed by atoms with Crippen LogP contribution in [-0.2, 0) is 14.4 Å². The number of piperidine rings is 1. The van der Waals surface area contributed by atoms with Crippen molar-refractivity contribution in [1.82, 2.24) is 9.80 Å². The molecule has 1 atom stereocenters. The van der Waals surface area contributed by atoms with E-state index in [0.29, 0.717) is 41.8 Å². The molecule has 1 aromatic carbocycles. The number of hydrogen-bond donors (Lipinski definition) is 2. The van der Waals surface area contributed by atoms with Crippen LogP contribution in [0.5, 0.6) is 0 Å². The maximum absolute atomic E-state index is 12.5. The first-order valence-electron chi connectivity index (χ1n) is 8.85. The third-order valence-electron chi connectivity index (χ3n) is 4.58. The molecule has 1 aliphatic rings. The highest BCUT2D eigenvalue weighted by atomic mass is 35.5. The number of benzene rings is 1. The van der Waals surface area contributed by atoms with E-state index in [1.165, 1.54) is 0 Å². The normalized spacial score (nSPS) is 17.0. The molecule has 0 aliphatic carbocycles. The molecule has 2 rings (SSSR count). The number of primary amides is 1. The van der Waals surface area contributed by atoms with Gasteiger partial charge in [-0.25, -0.2) is 0 Å². The van der Waals surface area contributed by atoms with E-state index >= 15 is 0 Å². The number of hydrogen-bond acceptors (Lipinski definition) is 4. The Kier molecular flexibility index (Phi) is 7.89. The Labute approximate surface area is 168 Å². The van der Waals surface area contributed by atoms with Gasteiger partial charge in [0, 0.05) is 13.1 Å². The number of likely N-dealkylation sites (tertiary alicyclic amines) is 1. The molecule has 3 amide bonds. The molecule has 7 nitrogen and oxygen atoms in total. The van der Waals surface area contributed by atoms with Crippen molar-refractivity contribution in [1.29, 1.82) is 0 Å². The van der Waals surface area contributed by atoms with Gasteiger partial charge in [0.05, 0.1) is 34.7 Å². The Hall–Kier alpha value is -1.83. The van der Waals surface area contributed by atoms with Crippen LogP contribution in [0.3, 0.4) is 0 Å². The third-order valence-corrected chi connectivity index (χ3v) is 5.21. The molecule has 1 saturated heterocycles. The standard InChI is InChI=1S/C18H24Cl2N4O3/c1-2-23(10-15(25)22-17-13(19)6-3-7-14(17)20)11-16(26)24-8-4-5-12(9-24)18(21)27/h3,6-7,12H,2,4-5,8-11H2,1H3,(H2,21,27)(H,22,25). The third kappa shape index (κ3) is 6.09. The maximum Gasteiger partial charge on any atom is 0.238 e. The Bertz CT molecular complexity index is 694. The highest BCUT2D eigenvalue weighted by Crippen LogP contribution is 2.29. The van der Waals surface area contributed by atoms with Gasteiger partial charge in [0.25, 0.3) is 0 Å². The minimum atomic E-state index is -0.379. The number of nitrogens with zero attached hydrogens (tertiary/aromatic N) is 2. The van der Waals surface area contributed by atoms with Gasteiger partial charge >= 0.3 is 0 Å². The van der Waals surface area contributed by atoms with Gasteiger partial charge in [-0.2, -0.15) is 0 Å². The molecule has 9 heteroatoms. The number of amides is 3. The van der Waals surface area contributed by atoms with Gasteiger partial charge in [0.2, 0.25) is 17.7 Å². The Morgan fingerprint density at radius 3 is 2.52 bits per heavy atom. The molecule has 148 valence electrons. The zero-order chi connectivity index (χ0) is 20.0. The van der Waals surface area contributed by atoms with Crippen LogP contribution in [-0.4, -0.2) is 60.2 Å². The monoisotopic (exact) mass is 414 g/mol. The predicted octanol–water partition coefficient (Wildman–Crippen LogP) is 1.98. The van der Waals surface area contributed by atoms with Crippen LogP contribution in [0.25, 0.3) is 0 Å². The lowest BCUT2D eigenvalue weighted by Crippen LogP contribution is -2.48. The van der Waals surface area contributed by atoms with Crippen molar-refractivity contribution >= 4 is 46.6 Å². The molecule has 0 radical (unpaired) electrons. The second kappa shape index (κ2) is 9.92. The zero-order valence-electron chi connectivity index (χ0n) is 15.2. The average molecular weight is 415 g/mol. The summed E-state index contributed by atoms with van der Waals surface area (Å²) in [4.78, 5) is 39.6. The van der Waals surface area contributed by atoms with Crippen LogP contribution in [0, 0.1) is 5.92 Å². The maximum atomic E-state index is 12.5. The molecule has 1 aromatic rings. The van der Waals surface area contributed by atoms with Gasteiger partial charge < -0.3 is 16.0 Å². The van der Waals surface area contributed by atoms with Crippen molar-refractivity contribution in [2.45, 2.75) is 19.8 Å². The first kappa shape index (κ1) is 21.5. The fourth-order valence-electron chi connectivity index (χ4n) is 3.01. The van der Waals surface area contributed by atoms with Crippen LogP contribution >= 0.6 is 23.2 Å². The van der Waals surface area contributed by atoms with E-state index in [1.54, 1.807) is 28.0 Å². The molecule has 1 unspecified atom stereocenters. The van der Waals surface area contributed by atoms with Crippen LogP contribution in [0.1, 0.15) is 19.8 Å². The molecule has 0 spiro atoms. The van der Waals surface area contributed by atoms with Crippen LogP contribution in [0.2, 0.25) is 10.0 Å². The summed E-state index contributed by atoms with van der Waals surface area (Å²) in [5, 5.41) is 3.38. The summed E-state index contributed by atoms with van der Waals surface area (Å²) in [6.45, 7) is 3.44. The molecule has 1 fully saturated rings. The average Bonchev–Trinajstić information content (AvgIpc) is 2.64. The Morgan fingerprint density at radius 2 is 1.93 bits per heavy atom. The fourth-order valence-corrected chi connectivity index (χ4v) is 3.50. The smallest absolute Gasteiger partial charge is 0.238 e. The number of carbonyl (C=O) groups excluding carboxylic acids is 3. The van der Waals surface area contributed by atoms with E-state index in [-0.39, 0.29) is 36.7 Å². The lowest BCUT2D eigenvalue weighted by Gasteiger charge is -2.32. The molecule has 0 saturated carbocycles. The molecular formula is C18H24Cl2N4O3. The van der Waals surface area contributed by atoms with E-state index in [0.717, 1.165) is 6.42 Å². The number of carbonyl (C=O) groups is 3. The summed E-state index contributed by atoms with van der Waals surface area (Å²) in [6, 6.07) is 4.96. The van der Waals surface area contributed by atoms with Crippen LogP contribution < -0.4 is 11.1 Å². The summed E-state index contributed by atoms with van der Waals surface area (Å²) in [6.07, 6.45) is 1.45. The number of nitrogens with one attached hydrogen (secondary N) is 1.